The van der Waals surface area contributed by atoms with Crippen LogP contribution < -0.4 is 14.5 Å². The molecule has 0 heterocycles. The highest BCUT2D eigenvalue weighted by Gasteiger charge is 2.18. The molecule has 2 rings (SSSR count). The minimum atomic E-state index is -3.46. The molecule has 0 aliphatic carbocycles. The molecule has 7 heteroatoms. The SMILES string of the molecule is Cc1ccc(C(=O)NCCN(c2ccc(N(C)C)cc2)S(C)(=O)=O)cc1C. The maximum atomic E-state index is 12.3. The maximum absolute atomic E-state index is 12.3. The van der Waals surface area contributed by atoms with E-state index in [-0.39, 0.29) is 19.0 Å². The van der Waals surface area contributed by atoms with Crippen molar-refractivity contribution >= 4 is 27.3 Å². The predicted octanol–water partition coefficient (Wildman–Crippen LogP) is 2.57. The summed E-state index contributed by atoms with van der Waals surface area (Å²) < 4.78 is 25.7. The van der Waals surface area contributed by atoms with E-state index < -0.39 is 10.0 Å². The van der Waals surface area contributed by atoms with Crippen LogP contribution in [-0.2, 0) is 10.0 Å². The highest BCUT2D eigenvalue weighted by atomic mass is 32.2. The topological polar surface area (TPSA) is 69.7 Å². The van der Waals surface area contributed by atoms with Gasteiger partial charge < -0.3 is 10.2 Å². The van der Waals surface area contributed by atoms with Crippen molar-refractivity contribution in [2.45, 2.75) is 13.8 Å². The molecule has 0 spiro atoms. The molecule has 1 amide bonds. The van der Waals surface area contributed by atoms with E-state index in [1.54, 1.807) is 18.2 Å². The molecule has 0 saturated heterocycles. The van der Waals surface area contributed by atoms with Crippen LogP contribution in [0.25, 0.3) is 0 Å². The van der Waals surface area contributed by atoms with Crippen LogP contribution in [0.5, 0.6) is 0 Å². The summed E-state index contributed by atoms with van der Waals surface area (Å²) in [4.78, 5) is 14.3. The summed E-state index contributed by atoms with van der Waals surface area (Å²) in [6.07, 6.45) is 1.16. The predicted molar refractivity (Wildman–Crippen MR) is 111 cm³/mol. The molecule has 2 aromatic rings. The van der Waals surface area contributed by atoms with Crippen molar-refractivity contribution in [3.63, 3.8) is 0 Å². The van der Waals surface area contributed by atoms with E-state index in [2.05, 4.69) is 5.32 Å². The molecule has 0 saturated carbocycles. The van der Waals surface area contributed by atoms with E-state index in [1.165, 1.54) is 4.31 Å². The second-order valence-corrected chi connectivity index (χ2v) is 8.71. The summed E-state index contributed by atoms with van der Waals surface area (Å²) in [5, 5.41) is 2.79. The van der Waals surface area contributed by atoms with Gasteiger partial charge in [0.25, 0.3) is 5.91 Å². The summed E-state index contributed by atoms with van der Waals surface area (Å²) in [5.74, 6) is -0.213. The van der Waals surface area contributed by atoms with Crippen molar-refractivity contribution in [1.29, 1.82) is 0 Å². The second kappa shape index (κ2) is 8.43. The number of nitrogens with one attached hydrogen (secondary N) is 1. The van der Waals surface area contributed by atoms with Gasteiger partial charge in [-0.1, -0.05) is 6.07 Å². The average Bonchev–Trinajstić information content (AvgIpc) is 2.60. The van der Waals surface area contributed by atoms with Crippen LogP contribution in [0.15, 0.2) is 42.5 Å². The van der Waals surface area contributed by atoms with Crippen LogP contribution in [0.3, 0.4) is 0 Å². The normalized spacial score (nSPS) is 11.1. The van der Waals surface area contributed by atoms with Gasteiger partial charge in [0.15, 0.2) is 0 Å². The smallest absolute Gasteiger partial charge is 0.251 e. The Kier molecular flexibility index (Phi) is 6.49. The van der Waals surface area contributed by atoms with Crippen molar-refractivity contribution in [3.05, 3.63) is 59.2 Å². The number of carbonyl (C=O) groups excluding carboxylic acids is 1. The van der Waals surface area contributed by atoms with Crippen LogP contribution in [0, 0.1) is 13.8 Å². The Morgan fingerprint density at radius 3 is 2.07 bits per heavy atom. The molecule has 0 fully saturated rings. The highest BCUT2D eigenvalue weighted by molar-refractivity contribution is 7.92. The number of sulfonamides is 1. The zero-order valence-corrected chi connectivity index (χ0v) is 17.3. The number of carbonyl (C=O) groups is 1. The van der Waals surface area contributed by atoms with Gasteiger partial charge in [0, 0.05) is 31.9 Å². The fraction of sp³-hybridized carbons (Fsp3) is 0.350. The first-order valence-electron chi connectivity index (χ1n) is 8.70. The zero-order valence-electron chi connectivity index (χ0n) is 16.5. The van der Waals surface area contributed by atoms with E-state index in [1.807, 2.05) is 57.1 Å². The number of hydrogen-bond donors (Lipinski definition) is 1. The Bertz CT molecular complexity index is 907. The minimum absolute atomic E-state index is 0.163. The number of aryl methyl sites for hydroxylation is 2. The van der Waals surface area contributed by atoms with Gasteiger partial charge in [-0.05, 0) is 61.4 Å². The molecule has 0 unspecified atom stereocenters. The lowest BCUT2D eigenvalue weighted by Crippen LogP contribution is -2.38. The lowest BCUT2D eigenvalue weighted by atomic mass is 10.1. The van der Waals surface area contributed by atoms with Gasteiger partial charge in [0.2, 0.25) is 10.0 Å². The zero-order chi connectivity index (χ0) is 20.2. The Balaban J connectivity index is 2.06. The Hall–Kier alpha value is -2.54. The summed E-state index contributed by atoms with van der Waals surface area (Å²) in [6.45, 7) is 4.32. The van der Waals surface area contributed by atoms with E-state index in [4.69, 9.17) is 0 Å². The lowest BCUT2D eigenvalue weighted by Gasteiger charge is -2.23. The third-order valence-corrected chi connectivity index (χ3v) is 5.62. The monoisotopic (exact) mass is 389 g/mol. The fourth-order valence-electron chi connectivity index (χ4n) is 2.66. The van der Waals surface area contributed by atoms with E-state index >= 15 is 0 Å². The van der Waals surface area contributed by atoms with Crippen LogP contribution in [-0.4, -0.2) is 47.8 Å². The van der Waals surface area contributed by atoms with Gasteiger partial charge in [0.1, 0.15) is 0 Å². The molecule has 0 atom stereocenters. The number of anilines is 2. The average molecular weight is 390 g/mol. The molecular formula is C20H27N3O3S. The van der Waals surface area contributed by atoms with Gasteiger partial charge in [-0.2, -0.15) is 0 Å². The van der Waals surface area contributed by atoms with Crippen molar-refractivity contribution < 1.29 is 13.2 Å². The van der Waals surface area contributed by atoms with Crippen molar-refractivity contribution in [2.24, 2.45) is 0 Å². The fourth-order valence-corrected chi connectivity index (χ4v) is 3.59. The first kappa shape index (κ1) is 20.8. The van der Waals surface area contributed by atoms with E-state index in [9.17, 15) is 13.2 Å². The molecule has 0 aliphatic rings. The molecule has 2 aromatic carbocycles. The molecule has 0 aromatic heterocycles. The van der Waals surface area contributed by atoms with Gasteiger partial charge in [-0.3, -0.25) is 9.10 Å². The molecule has 0 aliphatic heterocycles. The summed E-state index contributed by atoms with van der Waals surface area (Å²) in [6, 6.07) is 12.8. The lowest BCUT2D eigenvalue weighted by molar-refractivity contribution is 0.0954. The van der Waals surface area contributed by atoms with Crippen LogP contribution in [0.2, 0.25) is 0 Å². The van der Waals surface area contributed by atoms with Crippen molar-refractivity contribution in [3.8, 4) is 0 Å². The quantitative estimate of drug-likeness (QED) is 0.790. The van der Waals surface area contributed by atoms with Crippen LogP contribution >= 0.6 is 0 Å². The first-order valence-corrected chi connectivity index (χ1v) is 10.5. The standard InChI is InChI=1S/C20H27N3O3S/c1-15-6-7-17(14-16(15)2)20(24)21-12-13-23(27(5,25)26)19-10-8-18(9-11-19)22(3)4/h6-11,14H,12-13H2,1-5H3,(H,21,24). The van der Waals surface area contributed by atoms with Gasteiger partial charge in [-0.25, -0.2) is 8.42 Å². The van der Waals surface area contributed by atoms with E-state index in [0.29, 0.717) is 11.3 Å². The molecular weight excluding hydrogens is 362 g/mol. The maximum Gasteiger partial charge on any atom is 0.251 e. The van der Waals surface area contributed by atoms with Crippen LogP contribution in [0.1, 0.15) is 21.5 Å². The first-order chi connectivity index (χ1) is 12.6. The Morgan fingerprint density at radius 2 is 1.56 bits per heavy atom. The molecule has 0 radical (unpaired) electrons. The third kappa shape index (κ3) is 5.47. The number of amides is 1. The summed E-state index contributed by atoms with van der Waals surface area (Å²) >= 11 is 0. The highest BCUT2D eigenvalue weighted by Crippen LogP contribution is 2.21. The van der Waals surface area contributed by atoms with Crippen molar-refractivity contribution in [1.82, 2.24) is 5.32 Å². The Morgan fingerprint density at radius 1 is 0.963 bits per heavy atom. The van der Waals surface area contributed by atoms with Gasteiger partial charge in [0.05, 0.1) is 18.5 Å². The molecule has 146 valence electrons. The molecule has 6 nitrogen and oxygen atoms in total. The minimum Gasteiger partial charge on any atom is -0.378 e. The van der Waals surface area contributed by atoms with Gasteiger partial charge >= 0.3 is 0 Å². The summed E-state index contributed by atoms with van der Waals surface area (Å²) in [7, 11) is 0.387. The second-order valence-electron chi connectivity index (χ2n) is 6.80. The van der Waals surface area contributed by atoms with Crippen LogP contribution in [0.4, 0.5) is 11.4 Å². The number of nitrogens with zero attached hydrogens (tertiary/aromatic N) is 2. The molecule has 0 bridgehead atoms. The number of rotatable bonds is 7. The largest absolute Gasteiger partial charge is 0.378 e. The Labute approximate surface area is 161 Å². The third-order valence-electron chi connectivity index (χ3n) is 4.42. The summed E-state index contributed by atoms with van der Waals surface area (Å²) in [5.41, 5.74) is 4.29. The number of benzene rings is 2. The van der Waals surface area contributed by atoms with Crippen molar-refractivity contribution in [2.75, 3.05) is 42.6 Å². The molecule has 1 N–H and O–H groups in total. The van der Waals surface area contributed by atoms with Gasteiger partial charge in [-0.15, -0.1) is 0 Å². The molecule has 27 heavy (non-hydrogen) atoms. The van der Waals surface area contributed by atoms with E-state index in [0.717, 1.165) is 23.1 Å². The number of hydrogen-bond acceptors (Lipinski definition) is 4.